The molecule has 1 aliphatic rings. The lowest BCUT2D eigenvalue weighted by Gasteiger charge is -2.23. The number of piperidine rings is 1. The van der Waals surface area contributed by atoms with E-state index in [4.69, 9.17) is 0 Å². The number of aromatic nitrogens is 3. The fourth-order valence-corrected chi connectivity index (χ4v) is 2.51. The first-order valence-electron chi connectivity index (χ1n) is 7.50. The summed E-state index contributed by atoms with van der Waals surface area (Å²) in [5.74, 6) is 0.477. The molecule has 6 nitrogen and oxygen atoms in total. The molecule has 6 heteroatoms. The van der Waals surface area contributed by atoms with Crippen molar-refractivity contribution in [3.63, 3.8) is 0 Å². The van der Waals surface area contributed by atoms with Gasteiger partial charge in [-0.1, -0.05) is 19.1 Å². The van der Waals surface area contributed by atoms with E-state index < -0.39 is 0 Å². The van der Waals surface area contributed by atoms with E-state index in [1.165, 1.54) is 0 Å². The zero-order valence-corrected chi connectivity index (χ0v) is 12.6. The molecule has 1 fully saturated rings. The zero-order valence-electron chi connectivity index (χ0n) is 12.6. The summed E-state index contributed by atoms with van der Waals surface area (Å²) in [7, 11) is 0. The largest absolute Gasteiger partial charge is 0.351 e. The predicted molar refractivity (Wildman–Crippen MR) is 77.7 cm³/mol. The summed E-state index contributed by atoms with van der Waals surface area (Å²) in [5.41, 5.74) is 1.34. The Balaban J connectivity index is 1.98. The molecule has 1 amide bonds. The highest BCUT2D eigenvalue weighted by Crippen LogP contribution is 2.20. The van der Waals surface area contributed by atoms with Crippen LogP contribution in [0.3, 0.4) is 0 Å². The van der Waals surface area contributed by atoms with Crippen LogP contribution in [0, 0.1) is 12.8 Å². The van der Waals surface area contributed by atoms with Gasteiger partial charge >= 0.3 is 0 Å². The molecule has 0 unspecified atom stereocenters. The molecule has 1 aromatic heterocycles. The van der Waals surface area contributed by atoms with E-state index in [0.29, 0.717) is 24.2 Å². The quantitative estimate of drug-likeness (QED) is 0.852. The molecule has 0 aliphatic carbocycles. The van der Waals surface area contributed by atoms with Gasteiger partial charge in [0.1, 0.15) is 0 Å². The van der Waals surface area contributed by atoms with E-state index >= 15 is 0 Å². The average Bonchev–Trinajstić information content (AvgIpc) is 2.81. The van der Waals surface area contributed by atoms with Gasteiger partial charge in [0.25, 0.3) is 5.91 Å². The van der Waals surface area contributed by atoms with Crippen LogP contribution < -0.4 is 10.6 Å². The Morgan fingerprint density at radius 2 is 2.15 bits per heavy atom. The van der Waals surface area contributed by atoms with Crippen LogP contribution in [-0.4, -0.2) is 40.5 Å². The topological polar surface area (TPSA) is 71.8 Å². The standard InChI is InChI=1S/C14H25N5O/c1-10(2)4-9-16-14(20)13-11(3)19(18-17-13)12-5-7-15-8-6-12/h10,12,15H,4-9H2,1-3H3,(H,16,20). The Hall–Kier alpha value is -1.43. The van der Waals surface area contributed by atoms with Gasteiger partial charge in [0.2, 0.25) is 0 Å². The summed E-state index contributed by atoms with van der Waals surface area (Å²) in [5, 5.41) is 14.5. The van der Waals surface area contributed by atoms with E-state index in [0.717, 1.165) is 38.0 Å². The van der Waals surface area contributed by atoms with Gasteiger partial charge in [-0.2, -0.15) is 0 Å². The highest BCUT2D eigenvalue weighted by molar-refractivity contribution is 5.93. The SMILES string of the molecule is Cc1c(C(=O)NCCC(C)C)nnn1C1CCNCC1. The van der Waals surface area contributed by atoms with Gasteiger partial charge in [0, 0.05) is 6.54 Å². The van der Waals surface area contributed by atoms with Crippen LogP contribution in [0.2, 0.25) is 0 Å². The van der Waals surface area contributed by atoms with E-state index in [-0.39, 0.29) is 5.91 Å². The van der Waals surface area contributed by atoms with Gasteiger partial charge in [-0.25, -0.2) is 4.68 Å². The third kappa shape index (κ3) is 3.56. The van der Waals surface area contributed by atoms with Gasteiger partial charge in [0.05, 0.1) is 11.7 Å². The summed E-state index contributed by atoms with van der Waals surface area (Å²) in [4.78, 5) is 12.1. The molecule has 20 heavy (non-hydrogen) atoms. The van der Waals surface area contributed by atoms with Gasteiger partial charge < -0.3 is 10.6 Å². The van der Waals surface area contributed by atoms with Gasteiger partial charge in [0.15, 0.2) is 5.69 Å². The minimum atomic E-state index is -0.108. The monoisotopic (exact) mass is 279 g/mol. The summed E-state index contributed by atoms with van der Waals surface area (Å²) < 4.78 is 1.91. The van der Waals surface area contributed by atoms with Crippen LogP contribution in [-0.2, 0) is 0 Å². The van der Waals surface area contributed by atoms with Crippen molar-refractivity contribution in [2.75, 3.05) is 19.6 Å². The Morgan fingerprint density at radius 3 is 2.80 bits per heavy atom. The van der Waals surface area contributed by atoms with E-state index in [1.54, 1.807) is 0 Å². The lowest BCUT2D eigenvalue weighted by molar-refractivity contribution is 0.0946. The fourth-order valence-electron chi connectivity index (χ4n) is 2.51. The van der Waals surface area contributed by atoms with Gasteiger partial charge in [-0.3, -0.25) is 4.79 Å². The maximum atomic E-state index is 12.1. The first kappa shape index (κ1) is 15.0. The van der Waals surface area contributed by atoms with Crippen LogP contribution in [0.15, 0.2) is 0 Å². The molecular weight excluding hydrogens is 254 g/mol. The number of nitrogens with one attached hydrogen (secondary N) is 2. The summed E-state index contributed by atoms with van der Waals surface area (Å²) in [6.45, 7) is 8.91. The highest BCUT2D eigenvalue weighted by Gasteiger charge is 2.22. The minimum absolute atomic E-state index is 0.108. The van der Waals surface area contributed by atoms with Gasteiger partial charge in [-0.05, 0) is 45.2 Å². The van der Waals surface area contributed by atoms with Crippen molar-refractivity contribution in [3.8, 4) is 0 Å². The minimum Gasteiger partial charge on any atom is -0.351 e. The molecule has 0 saturated carbocycles. The molecule has 2 heterocycles. The van der Waals surface area contributed by atoms with Crippen LogP contribution >= 0.6 is 0 Å². The maximum Gasteiger partial charge on any atom is 0.273 e. The molecule has 0 aromatic carbocycles. The van der Waals surface area contributed by atoms with Crippen molar-refractivity contribution in [3.05, 3.63) is 11.4 Å². The smallest absolute Gasteiger partial charge is 0.273 e. The number of hydrogen-bond donors (Lipinski definition) is 2. The van der Waals surface area contributed by atoms with E-state index in [9.17, 15) is 4.79 Å². The van der Waals surface area contributed by atoms with Crippen LogP contribution in [0.25, 0.3) is 0 Å². The third-order valence-corrected chi connectivity index (χ3v) is 3.80. The molecule has 1 aliphatic heterocycles. The van der Waals surface area contributed by atoms with Crippen molar-refractivity contribution in [1.29, 1.82) is 0 Å². The second kappa shape index (κ2) is 6.83. The second-order valence-corrected chi connectivity index (χ2v) is 5.89. The van der Waals surface area contributed by atoms with Crippen molar-refractivity contribution >= 4 is 5.91 Å². The zero-order chi connectivity index (χ0) is 14.5. The molecule has 0 radical (unpaired) electrons. The average molecular weight is 279 g/mol. The molecular formula is C14H25N5O. The van der Waals surface area contributed by atoms with Crippen molar-refractivity contribution in [1.82, 2.24) is 25.6 Å². The first-order chi connectivity index (χ1) is 9.59. The lowest BCUT2D eigenvalue weighted by atomic mass is 10.1. The number of carbonyl (C=O) groups is 1. The summed E-state index contributed by atoms with van der Waals surface area (Å²) >= 11 is 0. The Bertz CT molecular complexity index is 448. The normalized spacial score (nSPS) is 16.6. The number of hydrogen-bond acceptors (Lipinski definition) is 4. The highest BCUT2D eigenvalue weighted by atomic mass is 16.2. The van der Waals surface area contributed by atoms with E-state index in [1.807, 2.05) is 11.6 Å². The number of carbonyl (C=O) groups excluding carboxylic acids is 1. The number of amides is 1. The van der Waals surface area contributed by atoms with Crippen LogP contribution in [0.1, 0.15) is 55.3 Å². The van der Waals surface area contributed by atoms with Crippen molar-refractivity contribution in [2.45, 2.75) is 46.1 Å². The molecule has 1 saturated heterocycles. The Kier molecular flexibility index (Phi) is 5.11. The number of nitrogens with zero attached hydrogens (tertiary/aromatic N) is 3. The Morgan fingerprint density at radius 1 is 1.45 bits per heavy atom. The molecule has 2 rings (SSSR count). The van der Waals surface area contributed by atoms with E-state index in [2.05, 4.69) is 34.8 Å². The summed E-state index contributed by atoms with van der Waals surface area (Å²) in [6.07, 6.45) is 3.06. The predicted octanol–water partition coefficient (Wildman–Crippen LogP) is 1.29. The molecule has 0 atom stereocenters. The second-order valence-electron chi connectivity index (χ2n) is 5.89. The molecule has 2 N–H and O–H groups in total. The fraction of sp³-hybridized carbons (Fsp3) is 0.786. The Labute approximate surface area is 120 Å². The molecule has 0 spiro atoms. The van der Waals surface area contributed by atoms with Crippen LogP contribution in [0.5, 0.6) is 0 Å². The molecule has 1 aromatic rings. The summed E-state index contributed by atoms with van der Waals surface area (Å²) in [6, 6.07) is 0.362. The third-order valence-electron chi connectivity index (χ3n) is 3.80. The van der Waals surface area contributed by atoms with Crippen molar-refractivity contribution < 1.29 is 4.79 Å². The molecule has 0 bridgehead atoms. The first-order valence-corrected chi connectivity index (χ1v) is 7.50. The molecule has 112 valence electrons. The van der Waals surface area contributed by atoms with Crippen LogP contribution in [0.4, 0.5) is 0 Å². The van der Waals surface area contributed by atoms with Gasteiger partial charge in [-0.15, -0.1) is 5.10 Å². The van der Waals surface area contributed by atoms with Crippen molar-refractivity contribution in [2.24, 2.45) is 5.92 Å². The maximum absolute atomic E-state index is 12.1. The lowest BCUT2D eigenvalue weighted by Crippen LogP contribution is -2.30. The number of rotatable bonds is 5.